The zero-order valence-electron chi connectivity index (χ0n) is 15.4. The number of aromatic nitrogens is 2. The first kappa shape index (κ1) is 17.4. The number of hydrogen-bond donors (Lipinski definition) is 1. The van der Waals surface area contributed by atoms with E-state index in [0.717, 1.165) is 44.1 Å². The third-order valence-electron chi connectivity index (χ3n) is 4.55. The van der Waals surface area contributed by atoms with Crippen molar-refractivity contribution >= 4 is 33.1 Å². The van der Waals surface area contributed by atoms with Gasteiger partial charge in [0.15, 0.2) is 0 Å². The van der Waals surface area contributed by atoms with Crippen LogP contribution in [0.4, 0.5) is 5.69 Å². The van der Waals surface area contributed by atoms with E-state index in [9.17, 15) is 4.79 Å². The van der Waals surface area contributed by atoms with Crippen LogP contribution in [0.2, 0.25) is 0 Å². The lowest BCUT2D eigenvalue weighted by atomic mass is 10.0. The molecule has 134 valence electrons. The molecule has 0 atom stereocenters. The van der Waals surface area contributed by atoms with Gasteiger partial charge in [-0.25, -0.2) is 9.97 Å². The lowest BCUT2D eigenvalue weighted by Gasteiger charge is -2.11. The predicted octanol–water partition coefficient (Wildman–Crippen LogP) is 5.54. The van der Waals surface area contributed by atoms with Crippen LogP contribution < -0.4 is 5.32 Å². The van der Waals surface area contributed by atoms with E-state index >= 15 is 0 Å². The summed E-state index contributed by atoms with van der Waals surface area (Å²) in [7, 11) is 0. The SMILES string of the molecule is Cc1nc(C)c2c(C)c(C(=O)Nc3ccccc3-c3ccccc3)sc2n1. The van der Waals surface area contributed by atoms with Gasteiger partial charge in [0.2, 0.25) is 0 Å². The Morgan fingerprint density at radius 3 is 2.41 bits per heavy atom. The van der Waals surface area contributed by atoms with E-state index < -0.39 is 0 Å². The standard InChI is InChI=1S/C22H19N3OS/c1-13-19-14(2)23-15(3)24-22(19)27-20(13)21(26)25-18-12-8-7-11-17(18)16-9-5-4-6-10-16/h4-12H,1-3H3,(H,25,26). The average molecular weight is 373 g/mol. The minimum atomic E-state index is -0.115. The Balaban J connectivity index is 1.73. The largest absolute Gasteiger partial charge is 0.321 e. The number of thiophene rings is 1. The Kier molecular flexibility index (Phi) is 4.46. The molecule has 0 radical (unpaired) electrons. The molecule has 0 aliphatic rings. The van der Waals surface area contributed by atoms with Crippen LogP contribution in [0.1, 0.15) is 26.8 Å². The van der Waals surface area contributed by atoms with Crippen molar-refractivity contribution in [3.63, 3.8) is 0 Å². The first-order valence-corrected chi connectivity index (χ1v) is 9.56. The number of carbonyl (C=O) groups excluding carboxylic acids is 1. The van der Waals surface area contributed by atoms with Crippen LogP contribution in [0, 0.1) is 20.8 Å². The van der Waals surface area contributed by atoms with Gasteiger partial charge >= 0.3 is 0 Å². The van der Waals surface area contributed by atoms with Crippen molar-refractivity contribution < 1.29 is 4.79 Å². The zero-order valence-corrected chi connectivity index (χ0v) is 16.2. The molecule has 1 N–H and O–H groups in total. The number of carbonyl (C=O) groups is 1. The maximum Gasteiger partial charge on any atom is 0.266 e. The van der Waals surface area contributed by atoms with Gasteiger partial charge in [-0.2, -0.15) is 0 Å². The molecule has 4 nitrogen and oxygen atoms in total. The van der Waals surface area contributed by atoms with Crippen LogP contribution in [0.25, 0.3) is 21.3 Å². The Bertz CT molecular complexity index is 1150. The van der Waals surface area contributed by atoms with Gasteiger partial charge in [-0.15, -0.1) is 11.3 Å². The molecule has 2 aromatic carbocycles. The summed E-state index contributed by atoms with van der Waals surface area (Å²) in [5.74, 6) is 0.610. The molecular formula is C22H19N3OS. The van der Waals surface area contributed by atoms with Gasteiger partial charge in [0.1, 0.15) is 10.7 Å². The van der Waals surface area contributed by atoms with E-state index in [0.29, 0.717) is 4.88 Å². The Morgan fingerprint density at radius 2 is 1.63 bits per heavy atom. The van der Waals surface area contributed by atoms with Gasteiger partial charge in [-0.1, -0.05) is 48.5 Å². The van der Waals surface area contributed by atoms with Crippen LogP contribution >= 0.6 is 11.3 Å². The van der Waals surface area contributed by atoms with E-state index in [2.05, 4.69) is 15.3 Å². The number of nitrogens with one attached hydrogen (secondary N) is 1. The van der Waals surface area contributed by atoms with Crippen molar-refractivity contribution in [2.45, 2.75) is 20.8 Å². The average Bonchev–Trinajstić information content (AvgIpc) is 2.99. The van der Waals surface area contributed by atoms with Crippen molar-refractivity contribution in [3.8, 4) is 11.1 Å². The number of rotatable bonds is 3. The zero-order chi connectivity index (χ0) is 19.0. The molecule has 0 saturated heterocycles. The number of anilines is 1. The number of hydrogen-bond acceptors (Lipinski definition) is 4. The topological polar surface area (TPSA) is 54.9 Å². The van der Waals surface area contributed by atoms with E-state index in [4.69, 9.17) is 0 Å². The van der Waals surface area contributed by atoms with Gasteiger partial charge in [-0.05, 0) is 38.0 Å². The minimum absolute atomic E-state index is 0.115. The highest BCUT2D eigenvalue weighted by Crippen LogP contribution is 2.33. The summed E-state index contributed by atoms with van der Waals surface area (Å²) >= 11 is 1.42. The molecule has 5 heteroatoms. The fraction of sp³-hybridized carbons (Fsp3) is 0.136. The second kappa shape index (κ2) is 6.93. The summed E-state index contributed by atoms with van der Waals surface area (Å²) in [6.45, 7) is 5.79. The third kappa shape index (κ3) is 3.22. The van der Waals surface area contributed by atoms with Gasteiger partial charge in [0.05, 0.1) is 4.88 Å². The summed E-state index contributed by atoms with van der Waals surface area (Å²) in [6, 6.07) is 17.9. The van der Waals surface area contributed by atoms with E-state index in [1.54, 1.807) is 0 Å². The maximum atomic E-state index is 13.0. The third-order valence-corrected chi connectivity index (χ3v) is 5.73. The minimum Gasteiger partial charge on any atom is -0.321 e. The second-order valence-electron chi connectivity index (χ2n) is 6.46. The van der Waals surface area contributed by atoms with Crippen LogP contribution in [-0.2, 0) is 0 Å². The Morgan fingerprint density at radius 1 is 0.926 bits per heavy atom. The number of para-hydroxylation sites is 1. The second-order valence-corrected chi connectivity index (χ2v) is 7.46. The maximum absolute atomic E-state index is 13.0. The van der Waals surface area contributed by atoms with Crippen molar-refractivity contribution in [1.82, 2.24) is 9.97 Å². The molecular weight excluding hydrogens is 354 g/mol. The van der Waals surface area contributed by atoms with E-state index in [-0.39, 0.29) is 5.91 Å². The van der Waals surface area contributed by atoms with Crippen molar-refractivity contribution in [3.05, 3.63) is 76.6 Å². The lowest BCUT2D eigenvalue weighted by Crippen LogP contribution is -2.12. The fourth-order valence-electron chi connectivity index (χ4n) is 3.33. The summed E-state index contributed by atoms with van der Waals surface area (Å²) < 4.78 is 0. The number of amides is 1. The van der Waals surface area contributed by atoms with E-state index in [1.807, 2.05) is 75.4 Å². The first-order valence-electron chi connectivity index (χ1n) is 8.74. The van der Waals surface area contributed by atoms with Crippen molar-refractivity contribution in [2.75, 3.05) is 5.32 Å². The Hall–Kier alpha value is -3.05. The highest BCUT2D eigenvalue weighted by atomic mass is 32.1. The molecule has 27 heavy (non-hydrogen) atoms. The van der Waals surface area contributed by atoms with Crippen LogP contribution in [0.3, 0.4) is 0 Å². The lowest BCUT2D eigenvalue weighted by molar-refractivity contribution is 0.103. The molecule has 2 heterocycles. The highest BCUT2D eigenvalue weighted by molar-refractivity contribution is 7.20. The molecule has 0 aliphatic heterocycles. The fourth-order valence-corrected chi connectivity index (χ4v) is 4.50. The molecule has 4 rings (SSSR count). The van der Waals surface area contributed by atoms with Gasteiger partial charge < -0.3 is 5.32 Å². The predicted molar refractivity (Wildman–Crippen MR) is 111 cm³/mol. The summed E-state index contributed by atoms with van der Waals surface area (Å²) in [5, 5.41) is 4.06. The molecule has 4 aromatic rings. The van der Waals surface area contributed by atoms with Crippen molar-refractivity contribution in [2.24, 2.45) is 0 Å². The van der Waals surface area contributed by atoms with Crippen LogP contribution in [-0.4, -0.2) is 15.9 Å². The molecule has 2 aromatic heterocycles. The quantitative estimate of drug-likeness (QED) is 0.513. The smallest absolute Gasteiger partial charge is 0.266 e. The van der Waals surface area contributed by atoms with Crippen LogP contribution in [0.5, 0.6) is 0 Å². The van der Waals surface area contributed by atoms with E-state index in [1.165, 1.54) is 11.3 Å². The van der Waals surface area contributed by atoms with Gasteiger partial charge in [0.25, 0.3) is 5.91 Å². The molecule has 1 amide bonds. The summed E-state index contributed by atoms with van der Waals surface area (Å²) in [6.07, 6.45) is 0. The molecule has 0 aliphatic carbocycles. The van der Waals surface area contributed by atoms with Gasteiger partial charge in [-0.3, -0.25) is 4.79 Å². The monoisotopic (exact) mass is 373 g/mol. The highest BCUT2D eigenvalue weighted by Gasteiger charge is 2.19. The Labute approximate surface area is 161 Å². The number of aryl methyl sites for hydroxylation is 3. The number of fused-ring (bicyclic) bond motifs is 1. The van der Waals surface area contributed by atoms with Gasteiger partial charge in [0, 0.05) is 22.3 Å². The van der Waals surface area contributed by atoms with Crippen LogP contribution in [0.15, 0.2) is 54.6 Å². The molecule has 0 bridgehead atoms. The molecule has 0 spiro atoms. The summed E-state index contributed by atoms with van der Waals surface area (Å²) in [4.78, 5) is 23.5. The first-order chi connectivity index (χ1) is 13.0. The molecule has 0 saturated carbocycles. The number of nitrogens with zero attached hydrogens (tertiary/aromatic N) is 2. The van der Waals surface area contributed by atoms with Crippen molar-refractivity contribution in [1.29, 1.82) is 0 Å². The number of benzene rings is 2. The molecule has 0 unspecified atom stereocenters. The summed E-state index contributed by atoms with van der Waals surface area (Å²) in [5.41, 5.74) is 4.71. The normalized spacial score (nSPS) is 10.9. The molecule has 0 fully saturated rings.